The third-order valence-corrected chi connectivity index (χ3v) is 5.54. The van der Waals surface area contributed by atoms with Crippen LogP contribution < -0.4 is 9.47 Å². The van der Waals surface area contributed by atoms with Crippen molar-refractivity contribution in [3.05, 3.63) is 88.9 Å². The van der Waals surface area contributed by atoms with Crippen molar-refractivity contribution < 1.29 is 28.6 Å². The molecule has 2 heterocycles. The summed E-state index contributed by atoms with van der Waals surface area (Å²) in [7, 11) is 1.56. The fourth-order valence-electron chi connectivity index (χ4n) is 4.05. The van der Waals surface area contributed by atoms with Crippen molar-refractivity contribution in [2.24, 2.45) is 0 Å². The van der Waals surface area contributed by atoms with Crippen molar-refractivity contribution in [2.45, 2.75) is 39.5 Å². The molecule has 1 amide bonds. The van der Waals surface area contributed by atoms with E-state index in [9.17, 15) is 14.7 Å². The van der Waals surface area contributed by atoms with E-state index in [1.807, 2.05) is 26.0 Å². The van der Waals surface area contributed by atoms with Gasteiger partial charge in [0.05, 0.1) is 18.8 Å². The number of ether oxygens (including phenoxy) is 2. The first-order valence-electron chi connectivity index (χ1n) is 11.0. The molecule has 7 nitrogen and oxygen atoms in total. The molecular weight excluding hydrogens is 434 g/mol. The molecule has 176 valence electrons. The van der Waals surface area contributed by atoms with Gasteiger partial charge in [0.15, 0.2) is 0 Å². The highest BCUT2D eigenvalue weighted by Gasteiger charge is 2.47. The number of likely N-dealkylation sites (tertiary alicyclic amines) is 1. The fourth-order valence-corrected chi connectivity index (χ4v) is 4.05. The summed E-state index contributed by atoms with van der Waals surface area (Å²) < 4.78 is 16.8. The molecule has 34 heavy (non-hydrogen) atoms. The van der Waals surface area contributed by atoms with Crippen LogP contribution in [0.2, 0.25) is 0 Å². The average Bonchev–Trinajstić information content (AvgIpc) is 3.34. The summed E-state index contributed by atoms with van der Waals surface area (Å²) in [4.78, 5) is 27.7. The SMILES string of the molecule is COc1cccc(CN2C(=O)C(=O)/C(=C(\O)c3cccc(OC(C)C)c3)C2c2ccc(C)o2)c1. The third-order valence-electron chi connectivity index (χ3n) is 5.54. The van der Waals surface area contributed by atoms with E-state index in [1.54, 1.807) is 62.6 Å². The summed E-state index contributed by atoms with van der Waals surface area (Å²) in [6.07, 6.45) is -0.0584. The van der Waals surface area contributed by atoms with Gasteiger partial charge in [-0.1, -0.05) is 24.3 Å². The number of carbonyl (C=O) groups excluding carboxylic acids is 2. The number of carbonyl (C=O) groups is 2. The maximum atomic E-state index is 13.2. The predicted octanol–water partition coefficient (Wildman–Crippen LogP) is 5.01. The zero-order valence-electron chi connectivity index (χ0n) is 19.6. The Bertz CT molecular complexity index is 1260. The van der Waals surface area contributed by atoms with Gasteiger partial charge in [-0.3, -0.25) is 9.59 Å². The molecule has 1 unspecified atom stereocenters. The van der Waals surface area contributed by atoms with E-state index in [0.29, 0.717) is 28.6 Å². The van der Waals surface area contributed by atoms with Gasteiger partial charge in [0.2, 0.25) is 0 Å². The summed E-state index contributed by atoms with van der Waals surface area (Å²) in [6, 6.07) is 16.7. The first-order chi connectivity index (χ1) is 16.3. The lowest BCUT2D eigenvalue weighted by Crippen LogP contribution is -2.29. The molecule has 1 saturated heterocycles. The zero-order chi connectivity index (χ0) is 24.4. The number of aryl methyl sites for hydroxylation is 1. The molecule has 0 radical (unpaired) electrons. The molecule has 1 aliphatic rings. The molecule has 0 saturated carbocycles. The van der Waals surface area contributed by atoms with Crippen LogP contribution in [0.25, 0.3) is 5.76 Å². The van der Waals surface area contributed by atoms with Crippen molar-refractivity contribution in [2.75, 3.05) is 7.11 Å². The van der Waals surface area contributed by atoms with Crippen LogP contribution in [0.15, 0.2) is 70.7 Å². The molecule has 1 atom stereocenters. The Morgan fingerprint density at radius 3 is 2.47 bits per heavy atom. The maximum Gasteiger partial charge on any atom is 0.296 e. The summed E-state index contributed by atoms with van der Waals surface area (Å²) >= 11 is 0. The number of furan rings is 1. The molecule has 4 rings (SSSR count). The molecular formula is C27H27NO6. The van der Waals surface area contributed by atoms with Crippen LogP contribution in [-0.2, 0) is 16.1 Å². The number of benzene rings is 2. The number of aliphatic hydroxyl groups is 1. The molecule has 3 aromatic rings. The average molecular weight is 462 g/mol. The first-order valence-corrected chi connectivity index (χ1v) is 11.0. The normalized spacial score (nSPS) is 17.4. The number of ketones is 1. The van der Waals surface area contributed by atoms with Gasteiger partial charge >= 0.3 is 0 Å². The van der Waals surface area contributed by atoms with Crippen molar-refractivity contribution >= 4 is 17.4 Å². The number of nitrogens with zero attached hydrogens (tertiary/aromatic N) is 1. The fraction of sp³-hybridized carbons (Fsp3) is 0.259. The van der Waals surface area contributed by atoms with Crippen molar-refractivity contribution in [1.29, 1.82) is 0 Å². The first kappa shape index (κ1) is 23.2. The number of Topliss-reactive ketones (excluding diaryl/α,β-unsaturated/α-hetero) is 1. The number of aliphatic hydroxyl groups excluding tert-OH is 1. The largest absolute Gasteiger partial charge is 0.507 e. The molecule has 1 N–H and O–H groups in total. The Balaban J connectivity index is 1.81. The van der Waals surface area contributed by atoms with Gasteiger partial charge in [-0.2, -0.15) is 0 Å². The smallest absolute Gasteiger partial charge is 0.296 e. The number of rotatable bonds is 7. The summed E-state index contributed by atoms with van der Waals surface area (Å²) in [5, 5.41) is 11.2. The van der Waals surface area contributed by atoms with Crippen LogP contribution in [0.1, 0.15) is 42.5 Å². The minimum absolute atomic E-state index is 0.0241. The van der Waals surface area contributed by atoms with Gasteiger partial charge in [-0.25, -0.2) is 0 Å². The molecule has 0 aliphatic carbocycles. The van der Waals surface area contributed by atoms with Gasteiger partial charge in [0, 0.05) is 12.1 Å². The van der Waals surface area contributed by atoms with Gasteiger partial charge < -0.3 is 23.9 Å². The number of methoxy groups -OCH3 is 1. The van der Waals surface area contributed by atoms with Gasteiger partial charge in [-0.05, 0) is 62.7 Å². The van der Waals surface area contributed by atoms with Crippen LogP contribution in [0.5, 0.6) is 11.5 Å². The third kappa shape index (κ3) is 4.55. The van der Waals surface area contributed by atoms with E-state index in [-0.39, 0.29) is 24.0 Å². The highest BCUT2D eigenvalue weighted by molar-refractivity contribution is 6.46. The predicted molar refractivity (Wildman–Crippen MR) is 126 cm³/mol. The van der Waals surface area contributed by atoms with Crippen molar-refractivity contribution in [3.8, 4) is 11.5 Å². The van der Waals surface area contributed by atoms with Crippen LogP contribution in [-0.4, -0.2) is 34.9 Å². The second kappa shape index (κ2) is 9.47. The lowest BCUT2D eigenvalue weighted by Gasteiger charge is -2.23. The van der Waals surface area contributed by atoms with Crippen LogP contribution in [0.4, 0.5) is 0 Å². The van der Waals surface area contributed by atoms with E-state index in [4.69, 9.17) is 13.9 Å². The lowest BCUT2D eigenvalue weighted by atomic mass is 9.99. The summed E-state index contributed by atoms with van der Waals surface area (Å²) in [5.74, 6) is 0.467. The minimum atomic E-state index is -0.880. The van der Waals surface area contributed by atoms with Crippen LogP contribution >= 0.6 is 0 Å². The Hall–Kier alpha value is -4.00. The molecule has 7 heteroatoms. The molecule has 1 aromatic heterocycles. The van der Waals surface area contributed by atoms with Crippen LogP contribution in [0.3, 0.4) is 0 Å². The molecule has 2 aromatic carbocycles. The van der Waals surface area contributed by atoms with E-state index in [0.717, 1.165) is 5.56 Å². The Morgan fingerprint density at radius 2 is 1.79 bits per heavy atom. The Labute approximate surface area is 198 Å². The van der Waals surface area contributed by atoms with Crippen LogP contribution in [0, 0.1) is 6.92 Å². The molecule has 0 bridgehead atoms. The lowest BCUT2D eigenvalue weighted by molar-refractivity contribution is -0.140. The van der Waals surface area contributed by atoms with E-state index < -0.39 is 17.7 Å². The molecule has 0 spiro atoms. The quantitative estimate of drug-likeness (QED) is 0.302. The minimum Gasteiger partial charge on any atom is -0.507 e. The highest BCUT2D eigenvalue weighted by atomic mass is 16.5. The zero-order valence-corrected chi connectivity index (χ0v) is 19.6. The summed E-state index contributed by atoms with van der Waals surface area (Å²) in [6.45, 7) is 5.72. The Morgan fingerprint density at radius 1 is 1.06 bits per heavy atom. The van der Waals surface area contributed by atoms with Gasteiger partial charge in [-0.15, -0.1) is 0 Å². The summed E-state index contributed by atoms with van der Waals surface area (Å²) in [5.41, 5.74) is 1.14. The van der Waals surface area contributed by atoms with Crippen molar-refractivity contribution in [3.63, 3.8) is 0 Å². The number of amides is 1. The van der Waals surface area contributed by atoms with E-state index in [1.165, 1.54) is 4.90 Å². The standard InChI is InChI=1S/C27H27NO6/c1-16(2)33-21-10-6-8-19(14-21)25(29)23-24(22-12-11-17(3)34-22)28(27(31)26(23)30)15-18-7-5-9-20(13-18)32-4/h5-14,16,24,29H,15H2,1-4H3/b25-23-. The van der Waals surface area contributed by atoms with Crippen molar-refractivity contribution in [1.82, 2.24) is 4.90 Å². The topological polar surface area (TPSA) is 89.2 Å². The van der Waals surface area contributed by atoms with Gasteiger partial charge in [0.25, 0.3) is 11.7 Å². The van der Waals surface area contributed by atoms with Gasteiger partial charge in [0.1, 0.15) is 34.8 Å². The maximum absolute atomic E-state index is 13.2. The molecule has 1 aliphatic heterocycles. The monoisotopic (exact) mass is 461 g/mol. The second-order valence-corrected chi connectivity index (χ2v) is 8.42. The number of hydrogen-bond acceptors (Lipinski definition) is 6. The van der Waals surface area contributed by atoms with E-state index in [2.05, 4.69) is 0 Å². The molecule has 1 fully saturated rings. The van der Waals surface area contributed by atoms with E-state index >= 15 is 0 Å². The highest BCUT2D eigenvalue weighted by Crippen LogP contribution is 2.41. The number of hydrogen-bond donors (Lipinski definition) is 1. The Kier molecular flexibility index (Phi) is 6.45. The second-order valence-electron chi connectivity index (χ2n) is 8.42.